The molecule has 0 saturated heterocycles. The maximum atomic E-state index is 12.7. The summed E-state index contributed by atoms with van der Waals surface area (Å²) < 4.78 is 38.2. The molecule has 2 nitrogen and oxygen atoms in total. The summed E-state index contributed by atoms with van der Waals surface area (Å²) >= 11 is 0. The highest BCUT2D eigenvalue weighted by atomic mass is 19.4. The number of anilines is 1. The molecular formula is C21H18F3NO. The lowest BCUT2D eigenvalue weighted by Gasteiger charge is -2.26. The van der Waals surface area contributed by atoms with Crippen LogP contribution in [0.15, 0.2) is 84.9 Å². The van der Waals surface area contributed by atoms with Gasteiger partial charge in [0.15, 0.2) is 0 Å². The summed E-state index contributed by atoms with van der Waals surface area (Å²) in [6.45, 7) is 0. The minimum absolute atomic E-state index is 0.502. The minimum Gasteiger partial charge on any atom is -0.386 e. The molecule has 2 N–H and O–H groups in total. The highest BCUT2D eigenvalue weighted by Gasteiger charge is 2.30. The molecule has 0 fully saturated rings. The van der Waals surface area contributed by atoms with Gasteiger partial charge < -0.3 is 10.4 Å². The van der Waals surface area contributed by atoms with E-state index in [1.165, 1.54) is 12.1 Å². The maximum absolute atomic E-state index is 12.7. The Labute approximate surface area is 149 Å². The third kappa shape index (κ3) is 4.24. The van der Waals surface area contributed by atoms with Crippen molar-refractivity contribution in [3.63, 3.8) is 0 Å². The summed E-state index contributed by atoms with van der Waals surface area (Å²) in [7, 11) is 0. The molecule has 0 aromatic heterocycles. The predicted molar refractivity (Wildman–Crippen MR) is 95.7 cm³/mol. The first-order valence-corrected chi connectivity index (χ1v) is 8.17. The highest BCUT2D eigenvalue weighted by molar-refractivity contribution is 5.48. The van der Waals surface area contributed by atoms with Crippen LogP contribution in [-0.2, 0) is 6.18 Å². The standard InChI is InChI=1S/C21H18F3NO/c22-21(23,24)17-11-13-18(14-12-17)25-19(15-7-3-1-4-8-15)20(26)16-9-5-2-6-10-16/h1-14,19-20,25-26H/t19-,20-/m0/s1. The summed E-state index contributed by atoms with van der Waals surface area (Å²) in [5.41, 5.74) is 1.36. The molecule has 0 aliphatic carbocycles. The number of hydrogen-bond donors (Lipinski definition) is 2. The van der Waals surface area contributed by atoms with Crippen molar-refractivity contribution < 1.29 is 18.3 Å². The SMILES string of the molecule is O[C@@H](c1ccccc1)[C@@H](Nc1ccc(C(F)(F)F)cc1)c1ccccc1. The average molecular weight is 357 g/mol. The molecule has 3 aromatic rings. The summed E-state index contributed by atoms with van der Waals surface area (Å²) in [5, 5.41) is 14.0. The van der Waals surface area contributed by atoms with E-state index in [9.17, 15) is 18.3 Å². The van der Waals surface area contributed by atoms with Crippen LogP contribution in [-0.4, -0.2) is 5.11 Å². The van der Waals surface area contributed by atoms with Gasteiger partial charge in [-0.25, -0.2) is 0 Å². The number of benzene rings is 3. The van der Waals surface area contributed by atoms with Crippen LogP contribution in [0.4, 0.5) is 18.9 Å². The molecule has 3 aromatic carbocycles. The molecule has 0 spiro atoms. The van der Waals surface area contributed by atoms with Gasteiger partial charge in [-0.05, 0) is 35.4 Å². The Morgan fingerprint density at radius 2 is 1.19 bits per heavy atom. The number of rotatable bonds is 5. The number of alkyl halides is 3. The quantitative estimate of drug-likeness (QED) is 0.624. The Kier molecular flexibility index (Phi) is 5.28. The summed E-state index contributed by atoms with van der Waals surface area (Å²) in [6, 6.07) is 22.8. The maximum Gasteiger partial charge on any atom is 0.416 e. The zero-order valence-electron chi connectivity index (χ0n) is 13.8. The van der Waals surface area contributed by atoms with Gasteiger partial charge in [-0.2, -0.15) is 13.2 Å². The fourth-order valence-electron chi connectivity index (χ4n) is 2.78. The van der Waals surface area contributed by atoms with E-state index in [1.807, 2.05) is 60.7 Å². The van der Waals surface area contributed by atoms with Crippen LogP contribution in [0.25, 0.3) is 0 Å². The predicted octanol–water partition coefficient (Wildman–Crippen LogP) is 5.59. The van der Waals surface area contributed by atoms with Gasteiger partial charge >= 0.3 is 6.18 Å². The van der Waals surface area contributed by atoms with E-state index in [-0.39, 0.29) is 0 Å². The zero-order valence-corrected chi connectivity index (χ0v) is 13.8. The Morgan fingerprint density at radius 1 is 0.692 bits per heavy atom. The van der Waals surface area contributed by atoms with Gasteiger partial charge in [0.25, 0.3) is 0 Å². The normalized spacial score (nSPS) is 13.8. The summed E-state index contributed by atoms with van der Waals surface area (Å²) in [5.74, 6) is 0. The topological polar surface area (TPSA) is 32.3 Å². The van der Waals surface area contributed by atoms with E-state index in [4.69, 9.17) is 0 Å². The number of aliphatic hydroxyl groups is 1. The Balaban J connectivity index is 1.89. The van der Waals surface area contributed by atoms with E-state index in [0.29, 0.717) is 5.69 Å². The molecule has 5 heteroatoms. The second-order valence-corrected chi connectivity index (χ2v) is 5.96. The van der Waals surface area contributed by atoms with E-state index in [0.717, 1.165) is 23.3 Å². The van der Waals surface area contributed by atoms with Gasteiger partial charge in [0.05, 0.1) is 11.6 Å². The molecule has 0 radical (unpaired) electrons. The van der Waals surface area contributed by atoms with Gasteiger partial charge in [0.2, 0.25) is 0 Å². The smallest absolute Gasteiger partial charge is 0.386 e. The fraction of sp³-hybridized carbons (Fsp3) is 0.143. The van der Waals surface area contributed by atoms with E-state index >= 15 is 0 Å². The Morgan fingerprint density at radius 3 is 1.69 bits per heavy atom. The lowest BCUT2D eigenvalue weighted by molar-refractivity contribution is -0.137. The lowest BCUT2D eigenvalue weighted by atomic mass is 9.95. The van der Waals surface area contributed by atoms with Crippen LogP contribution < -0.4 is 5.32 Å². The first-order chi connectivity index (χ1) is 12.4. The van der Waals surface area contributed by atoms with Gasteiger partial charge in [-0.15, -0.1) is 0 Å². The van der Waals surface area contributed by atoms with Crippen molar-refractivity contribution in [1.82, 2.24) is 0 Å². The van der Waals surface area contributed by atoms with Gasteiger partial charge in [0.1, 0.15) is 6.10 Å². The molecule has 0 bridgehead atoms. The van der Waals surface area contributed by atoms with Gasteiger partial charge in [0, 0.05) is 5.69 Å². The van der Waals surface area contributed by atoms with Crippen LogP contribution in [0.1, 0.15) is 28.8 Å². The van der Waals surface area contributed by atoms with Gasteiger partial charge in [-0.1, -0.05) is 60.7 Å². The first kappa shape index (κ1) is 18.0. The van der Waals surface area contributed by atoms with Crippen LogP contribution in [0.2, 0.25) is 0 Å². The van der Waals surface area contributed by atoms with Crippen molar-refractivity contribution in [3.8, 4) is 0 Å². The zero-order chi connectivity index (χ0) is 18.6. The van der Waals surface area contributed by atoms with Crippen LogP contribution in [0, 0.1) is 0 Å². The molecule has 134 valence electrons. The molecule has 0 amide bonds. The van der Waals surface area contributed by atoms with E-state index in [2.05, 4.69) is 5.32 Å². The number of hydrogen-bond acceptors (Lipinski definition) is 2. The first-order valence-electron chi connectivity index (χ1n) is 8.17. The molecule has 0 unspecified atom stereocenters. The van der Waals surface area contributed by atoms with Crippen molar-refractivity contribution in [2.24, 2.45) is 0 Å². The van der Waals surface area contributed by atoms with E-state index < -0.39 is 23.9 Å². The lowest BCUT2D eigenvalue weighted by Crippen LogP contribution is -2.19. The minimum atomic E-state index is -4.37. The molecule has 0 heterocycles. The molecule has 0 aliphatic rings. The van der Waals surface area contributed by atoms with Crippen LogP contribution in [0.5, 0.6) is 0 Å². The molecule has 3 rings (SSSR count). The largest absolute Gasteiger partial charge is 0.416 e. The molecule has 0 aliphatic heterocycles. The third-order valence-corrected chi connectivity index (χ3v) is 4.15. The van der Waals surface area contributed by atoms with Crippen LogP contribution in [0.3, 0.4) is 0 Å². The van der Waals surface area contributed by atoms with Crippen molar-refractivity contribution >= 4 is 5.69 Å². The second-order valence-electron chi connectivity index (χ2n) is 5.96. The third-order valence-electron chi connectivity index (χ3n) is 4.15. The Bertz CT molecular complexity index is 817. The summed E-state index contributed by atoms with van der Waals surface area (Å²) in [4.78, 5) is 0. The van der Waals surface area contributed by atoms with Crippen molar-refractivity contribution in [1.29, 1.82) is 0 Å². The molecule has 2 atom stereocenters. The van der Waals surface area contributed by atoms with E-state index in [1.54, 1.807) is 0 Å². The molecule has 0 saturated carbocycles. The molecule has 26 heavy (non-hydrogen) atoms. The van der Waals surface area contributed by atoms with Crippen molar-refractivity contribution in [2.75, 3.05) is 5.32 Å². The Hall–Kier alpha value is -2.79. The number of nitrogens with one attached hydrogen (secondary N) is 1. The number of aliphatic hydroxyl groups excluding tert-OH is 1. The fourth-order valence-corrected chi connectivity index (χ4v) is 2.78. The second kappa shape index (κ2) is 7.62. The average Bonchev–Trinajstić information content (AvgIpc) is 2.66. The van der Waals surface area contributed by atoms with Crippen molar-refractivity contribution in [3.05, 3.63) is 102 Å². The monoisotopic (exact) mass is 357 g/mol. The highest BCUT2D eigenvalue weighted by Crippen LogP contribution is 2.34. The summed E-state index contributed by atoms with van der Waals surface area (Å²) in [6.07, 6.45) is -5.23. The number of halogens is 3. The molecular weight excluding hydrogens is 339 g/mol. The van der Waals surface area contributed by atoms with Crippen LogP contribution >= 0.6 is 0 Å². The van der Waals surface area contributed by atoms with Gasteiger partial charge in [-0.3, -0.25) is 0 Å². The van der Waals surface area contributed by atoms with Crippen molar-refractivity contribution in [2.45, 2.75) is 18.3 Å².